The van der Waals surface area contributed by atoms with E-state index < -0.39 is 0 Å². The topological polar surface area (TPSA) is 51.7 Å². The van der Waals surface area contributed by atoms with Gasteiger partial charge in [-0.15, -0.1) is 11.3 Å². The van der Waals surface area contributed by atoms with Gasteiger partial charge in [-0.25, -0.2) is 4.98 Å². The van der Waals surface area contributed by atoms with Crippen LogP contribution in [0, 0.1) is 0 Å². The molecular weight excluding hydrogens is 368 g/mol. The molecule has 0 N–H and O–H groups in total. The van der Waals surface area contributed by atoms with Crippen molar-refractivity contribution in [1.29, 1.82) is 0 Å². The summed E-state index contributed by atoms with van der Waals surface area (Å²) in [7, 11) is 3.36. The van der Waals surface area contributed by atoms with E-state index >= 15 is 0 Å². The number of thiophene rings is 1. The van der Waals surface area contributed by atoms with Crippen LogP contribution in [0.3, 0.4) is 0 Å². The molecular formula is C15H17BrN2O3S. The van der Waals surface area contributed by atoms with Gasteiger partial charge in [0, 0.05) is 26.9 Å². The van der Waals surface area contributed by atoms with Gasteiger partial charge < -0.3 is 14.4 Å². The number of ether oxygens (including phenoxy) is 2. The van der Waals surface area contributed by atoms with Crippen LogP contribution >= 0.6 is 27.3 Å². The molecule has 22 heavy (non-hydrogen) atoms. The first-order valence-electron chi connectivity index (χ1n) is 6.67. The third kappa shape index (κ3) is 4.53. The lowest BCUT2D eigenvalue weighted by Gasteiger charge is -2.18. The third-order valence-corrected chi connectivity index (χ3v) is 4.47. The number of carbonyl (C=O) groups is 1. The van der Waals surface area contributed by atoms with Crippen molar-refractivity contribution < 1.29 is 14.3 Å². The van der Waals surface area contributed by atoms with Gasteiger partial charge in [0.2, 0.25) is 5.88 Å². The molecule has 0 aromatic carbocycles. The maximum Gasteiger partial charge on any atom is 0.259 e. The van der Waals surface area contributed by atoms with Crippen molar-refractivity contribution in [1.82, 2.24) is 9.88 Å². The van der Waals surface area contributed by atoms with Gasteiger partial charge in [0.25, 0.3) is 5.91 Å². The van der Waals surface area contributed by atoms with E-state index in [1.54, 1.807) is 48.7 Å². The predicted octanol–water partition coefficient (Wildman–Crippen LogP) is 3.20. The van der Waals surface area contributed by atoms with E-state index in [9.17, 15) is 4.79 Å². The molecule has 2 aromatic rings. The van der Waals surface area contributed by atoms with Crippen molar-refractivity contribution in [2.45, 2.75) is 6.54 Å². The van der Waals surface area contributed by atoms with E-state index in [-0.39, 0.29) is 5.91 Å². The van der Waals surface area contributed by atoms with Crippen molar-refractivity contribution in [3.05, 3.63) is 44.7 Å². The Labute approximate surface area is 142 Å². The molecule has 5 nitrogen and oxygen atoms in total. The molecule has 1 amide bonds. The summed E-state index contributed by atoms with van der Waals surface area (Å²) in [5.41, 5.74) is 1.54. The van der Waals surface area contributed by atoms with Gasteiger partial charge in [0.1, 0.15) is 12.2 Å². The van der Waals surface area contributed by atoms with Gasteiger partial charge in [-0.1, -0.05) is 0 Å². The third-order valence-electron chi connectivity index (χ3n) is 2.92. The van der Waals surface area contributed by atoms with Gasteiger partial charge in [-0.2, -0.15) is 0 Å². The zero-order chi connectivity index (χ0) is 15.9. The Morgan fingerprint density at radius 1 is 1.45 bits per heavy atom. The number of amides is 1. The number of hydrogen-bond donors (Lipinski definition) is 0. The molecule has 0 aliphatic heterocycles. The maximum absolute atomic E-state index is 12.6. The molecule has 0 aliphatic rings. The Hall–Kier alpha value is -1.44. The molecule has 0 aliphatic carbocycles. The molecule has 0 radical (unpaired) electrons. The van der Waals surface area contributed by atoms with E-state index in [0.717, 1.165) is 9.35 Å². The summed E-state index contributed by atoms with van der Waals surface area (Å²) < 4.78 is 11.5. The van der Waals surface area contributed by atoms with Crippen LogP contribution in [0.2, 0.25) is 0 Å². The van der Waals surface area contributed by atoms with E-state index in [4.69, 9.17) is 9.47 Å². The number of rotatable bonds is 7. The highest BCUT2D eigenvalue weighted by molar-refractivity contribution is 9.11. The van der Waals surface area contributed by atoms with Crippen molar-refractivity contribution in [2.24, 2.45) is 0 Å². The highest BCUT2D eigenvalue weighted by atomic mass is 79.9. The zero-order valence-electron chi connectivity index (χ0n) is 12.4. The molecule has 7 heteroatoms. The Morgan fingerprint density at radius 2 is 2.27 bits per heavy atom. The average Bonchev–Trinajstić information content (AvgIpc) is 2.92. The van der Waals surface area contributed by atoms with E-state index in [1.165, 1.54) is 0 Å². The molecule has 0 unspecified atom stereocenters. The number of nitrogens with zero attached hydrogens (tertiary/aromatic N) is 2. The smallest absolute Gasteiger partial charge is 0.259 e. The van der Waals surface area contributed by atoms with Gasteiger partial charge in [0.15, 0.2) is 0 Å². The summed E-state index contributed by atoms with van der Waals surface area (Å²) in [6.07, 6.45) is 1.61. The molecule has 0 bridgehead atoms. The summed E-state index contributed by atoms with van der Waals surface area (Å²) in [6, 6.07) is 5.45. The van der Waals surface area contributed by atoms with Gasteiger partial charge in [-0.05, 0) is 45.1 Å². The fraction of sp³-hybridized carbons (Fsp3) is 0.333. The largest absolute Gasteiger partial charge is 0.475 e. The quantitative estimate of drug-likeness (QED) is 0.687. The van der Waals surface area contributed by atoms with Gasteiger partial charge in [-0.3, -0.25) is 4.79 Å². The van der Waals surface area contributed by atoms with Crippen molar-refractivity contribution in [2.75, 3.05) is 27.4 Å². The summed E-state index contributed by atoms with van der Waals surface area (Å²) in [4.78, 5) is 18.4. The number of methoxy groups -OCH3 is 1. The van der Waals surface area contributed by atoms with Crippen LogP contribution in [-0.4, -0.2) is 43.2 Å². The monoisotopic (exact) mass is 384 g/mol. The van der Waals surface area contributed by atoms with Crippen LogP contribution in [0.1, 0.15) is 15.9 Å². The molecule has 2 aromatic heterocycles. The normalized spacial score (nSPS) is 10.5. The van der Waals surface area contributed by atoms with Crippen LogP contribution < -0.4 is 4.74 Å². The first-order chi connectivity index (χ1) is 10.6. The summed E-state index contributed by atoms with van der Waals surface area (Å²) >= 11 is 5.02. The number of hydrogen-bond acceptors (Lipinski definition) is 5. The van der Waals surface area contributed by atoms with Crippen molar-refractivity contribution in [3.63, 3.8) is 0 Å². The molecule has 0 spiro atoms. The minimum atomic E-state index is -0.122. The first-order valence-corrected chi connectivity index (χ1v) is 8.34. The highest BCUT2D eigenvalue weighted by Crippen LogP contribution is 2.23. The Bertz CT molecular complexity index is 633. The average molecular weight is 385 g/mol. The van der Waals surface area contributed by atoms with E-state index in [2.05, 4.69) is 20.9 Å². The predicted molar refractivity (Wildman–Crippen MR) is 89.4 cm³/mol. The number of pyridine rings is 1. The van der Waals surface area contributed by atoms with Crippen LogP contribution in [0.25, 0.3) is 0 Å². The Balaban J connectivity index is 2.07. The molecule has 0 saturated heterocycles. The summed E-state index contributed by atoms with van der Waals surface area (Å²) in [5.74, 6) is 0.214. The van der Waals surface area contributed by atoms with Crippen LogP contribution in [0.15, 0.2) is 33.6 Å². The molecule has 118 valence electrons. The van der Waals surface area contributed by atoms with E-state index in [1.807, 2.05) is 11.4 Å². The lowest BCUT2D eigenvalue weighted by molar-refractivity contribution is 0.0776. The first kappa shape index (κ1) is 16.9. The summed E-state index contributed by atoms with van der Waals surface area (Å²) in [5, 5.41) is 2.02. The zero-order valence-corrected chi connectivity index (χ0v) is 14.8. The fourth-order valence-corrected chi connectivity index (χ4v) is 3.07. The van der Waals surface area contributed by atoms with Crippen LogP contribution in [-0.2, 0) is 11.3 Å². The number of carbonyl (C=O) groups excluding carboxylic acids is 1. The van der Waals surface area contributed by atoms with E-state index in [0.29, 0.717) is 31.2 Å². The minimum Gasteiger partial charge on any atom is -0.475 e. The van der Waals surface area contributed by atoms with Gasteiger partial charge >= 0.3 is 0 Å². The molecule has 2 rings (SSSR count). The standard InChI is InChI=1S/C15H17BrN2O3S/c1-18(9-11-8-13(16)22-10-11)15(19)12-4-3-5-17-14(12)21-7-6-20-2/h3-5,8,10H,6-7,9H2,1-2H3. The lowest BCUT2D eigenvalue weighted by atomic mass is 10.2. The number of halogens is 1. The number of aromatic nitrogens is 1. The maximum atomic E-state index is 12.6. The molecule has 0 fully saturated rings. The highest BCUT2D eigenvalue weighted by Gasteiger charge is 2.18. The second kappa shape index (κ2) is 8.26. The molecule has 0 atom stereocenters. The molecule has 0 saturated carbocycles. The Morgan fingerprint density at radius 3 is 2.95 bits per heavy atom. The van der Waals surface area contributed by atoms with Crippen molar-refractivity contribution in [3.8, 4) is 5.88 Å². The van der Waals surface area contributed by atoms with Crippen LogP contribution in [0.5, 0.6) is 5.88 Å². The second-order valence-electron chi connectivity index (χ2n) is 4.62. The summed E-state index contributed by atoms with van der Waals surface area (Å²) in [6.45, 7) is 1.34. The fourth-order valence-electron chi connectivity index (χ4n) is 1.87. The SMILES string of the molecule is COCCOc1ncccc1C(=O)N(C)Cc1csc(Br)c1. The minimum absolute atomic E-state index is 0.122. The van der Waals surface area contributed by atoms with Crippen LogP contribution in [0.4, 0.5) is 0 Å². The second-order valence-corrected chi connectivity index (χ2v) is 6.91. The van der Waals surface area contributed by atoms with Gasteiger partial charge in [0.05, 0.1) is 10.4 Å². The lowest BCUT2D eigenvalue weighted by Crippen LogP contribution is -2.27. The Kier molecular flexibility index (Phi) is 6.35. The molecule has 2 heterocycles. The van der Waals surface area contributed by atoms with Crippen molar-refractivity contribution >= 4 is 33.2 Å².